The summed E-state index contributed by atoms with van der Waals surface area (Å²) < 4.78 is 6.51. The Morgan fingerprint density at radius 1 is 1.26 bits per heavy atom. The molecule has 1 amide bonds. The summed E-state index contributed by atoms with van der Waals surface area (Å²) in [4.78, 5) is 16.0. The lowest BCUT2D eigenvalue weighted by Crippen LogP contribution is -2.42. The summed E-state index contributed by atoms with van der Waals surface area (Å²) in [5.74, 6) is 1.13. The maximum Gasteiger partial charge on any atom is 0.225 e. The van der Waals surface area contributed by atoms with Gasteiger partial charge in [-0.2, -0.15) is 0 Å². The quantitative estimate of drug-likeness (QED) is 0.835. The van der Waals surface area contributed by atoms with Gasteiger partial charge in [-0.15, -0.1) is 11.3 Å². The lowest BCUT2D eigenvalue weighted by atomic mass is 9.73. The Morgan fingerprint density at radius 3 is 2.96 bits per heavy atom. The normalized spacial score (nSPS) is 31.9. The zero-order chi connectivity index (χ0) is 18.3. The van der Waals surface area contributed by atoms with E-state index in [0.29, 0.717) is 24.4 Å². The predicted molar refractivity (Wildman–Crippen MR) is 107 cm³/mol. The van der Waals surface area contributed by atoms with Crippen LogP contribution in [0.1, 0.15) is 23.3 Å². The summed E-state index contributed by atoms with van der Waals surface area (Å²) in [7, 11) is 0. The topological polar surface area (TPSA) is 41.6 Å². The highest BCUT2D eigenvalue weighted by molar-refractivity contribution is 7.10. The molecular formula is C22H26N2O2S. The first-order valence-corrected chi connectivity index (χ1v) is 10.8. The van der Waals surface area contributed by atoms with Crippen LogP contribution < -0.4 is 5.32 Å². The Bertz CT molecular complexity index is 794. The van der Waals surface area contributed by atoms with Crippen molar-refractivity contribution >= 4 is 17.2 Å². The molecule has 4 atom stereocenters. The van der Waals surface area contributed by atoms with Crippen LogP contribution in [-0.4, -0.2) is 42.1 Å². The molecule has 2 bridgehead atoms. The number of nitrogens with one attached hydrogen (secondary N) is 1. The molecule has 5 rings (SSSR count). The Kier molecular flexibility index (Phi) is 4.54. The van der Waals surface area contributed by atoms with Crippen LogP contribution in [0.3, 0.4) is 0 Å². The van der Waals surface area contributed by atoms with E-state index < -0.39 is 0 Å². The molecule has 4 heterocycles. The van der Waals surface area contributed by atoms with Gasteiger partial charge >= 0.3 is 0 Å². The van der Waals surface area contributed by atoms with Gasteiger partial charge in [0, 0.05) is 42.9 Å². The average Bonchev–Trinajstić information content (AvgIpc) is 3.42. The van der Waals surface area contributed by atoms with Crippen molar-refractivity contribution in [3.8, 4) is 0 Å². The molecule has 3 saturated heterocycles. The maximum absolute atomic E-state index is 12.3. The number of thiophene rings is 1. The second kappa shape index (κ2) is 7.04. The maximum atomic E-state index is 12.3. The molecule has 3 aliphatic rings. The number of benzene rings is 1. The number of amides is 1. The van der Waals surface area contributed by atoms with E-state index in [1.165, 1.54) is 12.0 Å². The fourth-order valence-electron chi connectivity index (χ4n) is 5.39. The molecule has 0 unspecified atom stereocenters. The smallest absolute Gasteiger partial charge is 0.225 e. The third-order valence-electron chi connectivity index (χ3n) is 6.55. The highest BCUT2D eigenvalue weighted by Gasteiger charge is 2.62. The molecule has 142 valence electrons. The second-order valence-corrected chi connectivity index (χ2v) is 9.28. The number of carbonyl (C=O) groups excluding carboxylic acids is 1. The van der Waals surface area contributed by atoms with Crippen molar-refractivity contribution in [3.05, 3.63) is 58.3 Å². The summed E-state index contributed by atoms with van der Waals surface area (Å²) in [6, 6.07) is 14.7. The molecule has 5 heteroatoms. The molecule has 27 heavy (non-hydrogen) atoms. The van der Waals surface area contributed by atoms with Gasteiger partial charge in [0.25, 0.3) is 0 Å². The zero-order valence-electron chi connectivity index (χ0n) is 15.5. The van der Waals surface area contributed by atoms with Crippen LogP contribution in [0, 0.1) is 11.8 Å². The van der Waals surface area contributed by atoms with Crippen molar-refractivity contribution in [2.45, 2.75) is 37.5 Å². The standard InChI is InChI=1S/C22H26N2O2S/c25-21(11-17-7-4-10-27-17)23-12-18-19-14-24(13-16-5-2-1-3-6-16)15-22(19)9-8-20(18)26-22/h1-7,10,18-20H,8-9,11-15H2,(H,23,25)/t18-,19+,20+,22+/m0/s1. The van der Waals surface area contributed by atoms with Gasteiger partial charge in [0.15, 0.2) is 0 Å². The van der Waals surface area contributed by atoms with Crippen LogP contribution in [0.25, 0.3) is 0 Å². The van der Waals surface area contributed by atoms with Gasteiger partial charge in [-0.3, -0.25) is 9.69 Å². The van der Waals surface area contributed by atoms with E-state index >= 15 is 0 Å². The van der Waals surface area contributed by atoms with Gasteiger partial charge in [-0.25, -0.2) is 0 Å². The monoisotopic (exact) mass is 382 g/mol. The minimum atomic E-state index is 0.0304. The zero-order valence-corrected chi connectivity index (χ0v) is 16.3. The van der Waals surface area contributed by atoms with E-state index in [1.807, 2.05) is 17.5 Å². The number of ether oxygens (including phenoxy) is 1. The molecule has 1 N–H and O–H groups in total. The summed E-state index contributed by atoms with van der Waals surface area (Å²) in [5, 5.41) is 5.21. The number of likely N-dealkylation sites (tertiary alicyclic amines) is 1. The van der Waals surface area contributed by atoms with Gasteiger partial charge in [0.05, 0.1) is 18.1 Å². The molecule has 1 aromatic carbocycles. The first-order chi connectivity index (χ1) is 13.2. The lowest BCUT2D eigenvalue weighted by Gasteiger charge is -2.29. The largest absolute Gasteiger partial charge is 0.370 e. The summed E-state index contributed by atoms with van der Waals surface area (Å²) >= 11 is 1.64. The van der Waals surface area contributed by atoms with Crippen molar-refractivity contribution in [1.82, 2.24) is 10.2 Å². The molecule has 0 radical (unpaired) electrons. The van der Waals surface area contributed by atoms with Gasteiger partial charge in [-0.05, 0) is 29.9 Å². The molecular weight excluding hydrogens is 356 g/mol. The highest BCUT2D eigenvalue weighted by atomic mass is 32.1. The Balaban J connectivity index is 1.21. The van der Waals surface area contributed by atoms with Gasteiger partial charge in [0.2, 0.25) is 5.91 Å². The fraction of sp³-hybridized carbons (Fsp3) is 0.500. The molecule has 3 aliphatic heterocycles. The summed E-state index contributed by atoms with van der Waals surface area (Å²) in [6.45, 7) is 3.85. The van der Waals surface area contributed by atoms with Gasteiger partial charge in [0.1, 0.15) is 0 Å². The third kappa shape index (κ3) is 3.33. The first kappa shape index (κ1) is 17.4. The van der Waals surface area contributed by atoms with E-state index in [2.05, 4.69) is 40.5 Å². The highest BCUT2D eigenvalue weighted by Crippen LogP contribution is 2.54. The third-order valence-corrected chi connectivity index (χ3v) is 7.43. The number of hydrogen-bond donors (Lipinski definition) is 1. The Labute approximate surface area is 164 Å². The van der Waals surface area contributed by atoms with E-state index in [4.69, 9.17) is 4.74 Å². The minimum Gasteiger partial charge on any atom is -0.370 e. The van der Waals surface area contributed by atoms with E-state index in [1.54, 1.807) is 11.3 Å². The second-order valence-electron chi connectivity index (χ2n) is 8.25. The number of hydrogen-bond acceptors (Lipinski definition) is 4. The van der Waals surface area contributed by atoms with Crippen molar-refractivity contribution in [2.24, 2.45) is 11.8 Å². The lowest BCUT2D eigenvalue weighted by molar-refractivity contribution is -0.120. The average molecular weight is 383 g/mol. The van der Waals surface area contributed by atoms with E-state index in [9.17, 15) is 4.79 Å². The number of fused-ring (bicyclic) bond motifs is 1. The molecule has 0 saturated carbocycles. The molecule has 3 fully saturated rings. The van der Waals surface area contributed by atoms with E-state index in [0.717, 1.165) is 37.5 Å². The Morgan fingerprint density at radius 2 is 2.15 bits per heavy atom. The number of nitrogens with zero attached hydrogens (tertiary/aromatic N) is 1. The molecule has 0 aliphatic carbocycles. The van der Waals surface area contributed by atoms with Crippen LogP contribution in [0.2, 0.25) is 0 Å². The van der Waals surface area contributed by atoms with Gasteiger partial charge in [-0.1, -0.05) is 36.4 Å². The predicted octanol–water partition coefficient (Wildman–Crippen LogP) is 3.09. The summed E-state index contributed by atoms with van der Waals surface area (Å²) in [6.07, 6.45) is 3.14. The van der Waals surface area contributed by atoms with Crippen LogP contribution in [0.5, 0.6) is 0 Å². The van der Waals surface area contributed by atoms with Crippen molar-refractivity contribution < 1.29 is 9.53 Å². The van der Waals surface area contributed by atoms with Crippen molar-refractivity contribution in [3.63, 3.8) is 0 Å². The molecule has 2 aromatic rings. The van der Waals surface area contributed by atoms with Crippen LogP contribution in [0.15, 0.2) is 47.8 Å². The van der Waals surface area contributed by atoms with Crippen LogP contribution >= 0.6 is 11.3 Å². The molecule has 1 spiro atoms. The minimum absolute atomic E-state index is 0.0304. The SMILES string of the molecule is O=C(Cc1cccs1)NC[C@H]1[C@H]2CN(Cc3ccccc3)C[C@]23CC[C@H]1O3. The first-order valence-electron chi connectivity index (χ1n) is 9.95. The fourth-order valence-corrected chi connectivity index (χ4v) is 6.09. The van der Waals surface area contributed by atoms with Crippen molar-refractivity contribution in [2.75, 3.05) is 19.6 Å². The molecule has 4 nitrogen and oxygen atoms in total. The van der Waals surface area contributed by atoms with Crippen LogP contribution in [-0.2, 0) is 22.5 Å². The Hall–Kier alpha value is -1.69. The summed E-state index contributed by atoms with van der Waals surface area (Å²) in [5.41, 5.74) is 1.40. The van der Waals surface area contributed by atoms with E-state index in [-0.39, 0.29) is 11.5 Å². The van der Waals surface area contributed by atoms with Crippen LogP contribution in [0.4, 0.5) is 0 Å². The van der Waals surface area contributed by atoms with Crippen molar-refractivity contribution in [1.29, 1.82) is 0 Å². The number of rotatable bonds is 6. The van der Waals surface area contributed by atoms with Gasteiger partial charge < -0.3 is 10.1 Å². The number of carbonyl (C=O) groups is 1. The molecule has 1 aromatic heterocycles.